The predicted molar refractivity (Wildman–Crippen MR) is 70.2 cm³/mol. The van der Waals surface area contributed by atoms with Crippen LogP contribution < -0.4 is 11.1 Å². The molecular formula is C13H11ClF2N2. The van der Waals surface area contributed by atoms with Crippen LogP contribution in [0.1, 0.15) is 5.56 Å². The molecule has 0 amide bonds. The maximum Gasteiger partial charge on any atom is 0.151 e. The van der Waals surface area contributed by atoms with E-state index in [0.29, 0.717) is 10.7 Å². The molecule has 0 aromatic heterocycles. The van der Waals surface area contributed by atoms with Gasteiger partial charge in [-0.25, -0.2) is 8.78 Å². The highest BCUT2D eigenvalue weighted by Crippen LogP contribution is 2.30. The van der Waals surface area contributed by atoms with Crippen molar-refractivity contribution in [3.05, 3.63) is 52.6 Å². The van der Waals surface area contributed by atoms with Gasteiger partial charge in [0.2, 0.25) is 0 Å². The third-order valence-corrected chi connectivity index (χ3v) is 3.04. The van der Waals surface area contributed by atoms with Crippen LogP contribution in [-0.2, 0) is 0 Å². The maximum absolute atomic E-state index is 13.3. The molecule has 0 unspecified atom stereocenters. The summed E-state index contributed by atoms with van der Waals surface area (Å²) >= 11 is 5.96. The van der Waals surface area contributed by atoms with Crippen molar-refractivity contribution in [3.8, 4) is 0 Å². The van der Waals surface area contributed by atoms with Crippen molar-refractivity contribution in [1.82, 2.24) is 0 Å². The number of benzene rings is 2. The Labute approximate surface area is 108 Å². The van der Waals surface area contributed by atoms with Gasteiger partial charge in [0, 0.05) is 16.8 Å². The van der Waals surface area contributed by atoms with Gasteiger partial charge in [-0.2, -0.15) is 0 Å². The van der Waals surface area contributed by atoms with E-state index in [4.69, 9.17) is 17.3 Å². The minimum absolute atomic E-state index is 0.129. The van der Waals surface area contributed by atoms with Crippen LogP contribution in [-0.4, -0.2) is 0 Å². The minimum Gasteiger partial charge on any atom is -0.395 e. The lowest BCUT2D eigenvalue weighted by molar-refractivity contribution is 0.587. The number of hydrogen-bond donors (Lipinski definition) is 2. The normalized spacial score (nSPS) is 10.4. The van der Waals surface area contributed by atoms with Crippen molar-refractivity contribution in [1.29, 1.82) is 0 Å². The van der Waals surface area contributed by atoms with Crippen LogP contribution in [0.5, 0.6) is 0 Å². The van der Waals surface area contributed by atoms with Crippen LogP contribution in [0.2, 0.25) is 5.02 Å². The molecule has 2 nitrogen and oxygen atoms in total. The molecule has 0 aliphatic heterocycles. The highest BCUT2D eigenvalue weighted by molar-refractivity contribution is 6.31. The van der Waals surface area contributed by atoms with Crippen LogP contribution in [0.15, 0.2) is 30.3 Å². The maximum atomic E-state index is 13.3. The highest BCUT2D eigenvalue weighted by atomic mass is 35.5. The quantitative estimate of drug-likeness (QED) is 0.799. The molecule has 0 aliphatic rings. The van der Waals surface area contributed by atoms with Gasteiger partial charge in [0.15, 0.2) is 5.82 Å². The fourth-order valence-corrected chi connectivity index (χ4v) is 1.75. The second-order valence-electron chi connectivity index (χ2n) is 3.89. The van der Waals surface area contributed by atoms with Gasteiger partial charge in [-0.1, -0.05) is 17.7 Å². The summed E-state index contributed by atoms with van der Waals surface area (Å²) in [4.78, 5) is 0. The van der Waals surface area contributed by atoms with Crippen molar-refractivity contribution < 1.29 is 8.78 Å². The molecule has 94 valence electrons. The first-order chi connectivity index (χ1) is 8.49. The van der Waals surface area contributed by atoms with Crippen LogP contribution >= 0.6 is 11.6 Å². The van der Waals surface area contributed by atoms with Crippen molar-refractivity contribution in [2.45, 2.75) is 6.92 Å². The number of halogens is 3. The fraction of sp³-hybridized carbons (Fsp3) is 0.0769. The zero-order valence-electron chi connectivity index (χ0n) is 9.60. The smallest absolute Gasteiger partial charge is 0.151 e. The molecule has 3 N–H and O–H groups in total. The van der Waals surface area contributed by atoms with Crippen LogP contribution in [0.4, 0.5) is 25.8 Å². The molecule has 0 saturated heterocycles. The molecule has 2 aromatic carbocycles. The zero-order chi connectivity index (χ0) is 13.3. The zero-order valence-corrected chi connectivity index (χ0v) is 10.4. The summed E-state index contributed by atoms with van der Waals surface area (Å²) in [5.74, 6) is -1.49. The molecule has 0 atom stereocenters. The molecule has 2 aromatic rings. The Bertz CT molecular complexity index is 600. The van der Waals surface area contributed by atoms with E-state index in [9.17, 15) is 8.78 Å². The lowest BCUT2D eigenvalue weighted by Crippen LogP contribution is -2.01. The van der Waals surface area contributed by atoms with E-state index >= 15 is 0 Å². The number of hydrogen-bond acceptors (Lipinski definition) is 2. The average molecular weight is 269 g/mol. The molecule has 2 rings (SSSR count). The van der Waals surface area contributed by atoms with Crippen LogP contribution in [0.25, 0.3) is 0 Å². The Morgan fingerprint density at radius 2 is 1.89 bits per heavy atom. The van der Waals surface area contributed by atoms with Gasteiger partial charge >= 0.3 is 0 Å². The van der Waals surface area contributed by atoms with Gasteiger partial charge in [0.05, 0.1) is 11.4 Å². The molecule has 5 heteroatoms. The first-order valence-electron chi connectivity index (χ1n) is 5.25. The predicted octanol–water partition coefficient (Wildman–Crippen LogP) is 4.25. The molecule has 0 bridgehead atoms. The number of anilines is 3. The molecule has 0 fully saturated rings. The van der Waals surface area contributed by atoms with E-state index < -0.39 is 11.6 Å². The average Bonchev–Trinajstić information content (AvgIpc) is 2.31. The Morgan fingerprint density at radius 1 is 1.17 bits per heavy atom. The van der Waals surface area contributed by atoms with Gasteiger partial charge < -0.3 is 11.1 Å². The van der Waals surface area contributed by atoms with E-state index in [0.717, 1.165) is 17.7 Å². The summed E-state index contributed by atoms with van der Waals surface area (Å²) in [5, 5.41) is 3.44. The monoisotopic (exact) mass is 268 g/mol. The third kappa shape index (κ3) is 2.38. The Balaban J connectivity index is 2.43. The summed E-state index contributed by atoms with van der Waals surface area (Å²) in [6.45, 7) is 1.80. The van der Waals surface area contributed by atoms with E-state index in [1.54, 1.807) is 25.1 Å². The molecular weight excluding hydrogens is 258 g/mol. The minimum atomic E-state index is -0.794. The standard InChI is InChI=1S/C13H11ClF2N2/c1-7-9(14)3-2-4-11(7)18-12-6-8(15)5-10(16)13(12)17/h2-6,18H,17H2,1H3. The molecule has 0 spiro atoms. The van der Waals surface area contributed by atoms with Gasteiger partial charge in [0.1, 0.15) is 5.82 Å². The second kappa shape index (κ2) is 4.82. The Kier molecular flexibility index (Phi) is 3.39. The van der Waals surface area contributed by atoms with E-state index in [2.05, 4.69) is 5.32 Å². The van der Waals surface area contributed by atoms with E-state index in [-0.39, 0.29) is 11.4 Å². The Hall–Kier alpha value is -1.81. The van der Waals surface area contributed by atoms with E-state index in [1.165, 1.54) is 0 Å². The van der Waals surface area contributed by atoms with Crippen molar-refractivity contribution in [2.24, 2.45) is 0 Å². The topological polar surface area (TPSA) is 38.0 Å². The number of rotatable bonds is 2. The summed E-state index contributed by atoms with van der Waals surface area (Å²) in [6, 6.07) is 7.11. The van der Waals surface area contributed by atoms with Crippen molar-refractivity contribution >= 4 is 28.7 Å². The largest absolute Gasteiger partial charge is 0.395 e. The lowest BCUT2D eigenvalue weighted by atomic mass is 10.2. The lowest BCUT2D eigenvalue weighted by Gasteiger charge is -2.13. The Morgan fingerprint density at radius 3 is 2.61 bits per heavy atom. The first kappa shape index (κ1) is 12.6. The van der Waals surface area contributed by atoms with Gasteiger partial charge in [0.25, 0.3) is 0 Å². The molecule has 0 saturated carbocycles. The molecule has 0 radical (unpaired) electrons. The van der Waals surface area contributed by atoms with Crippen molar-refractivity contribution in [3.63, 3.8) is 0 Å². The fourth-order valence-electron chi connectivity index (χ4n) is 1.58. The highest BCUT2D eigenvalue weighted by Gasteiger charge is 2.10. The summed E-state index contributed by atoms with van der Waals surface area (Å²) in [6.07, 6.45) is 0. The van der Waals surface area contributed by atoms with Gasteiger partial charge in [-0.3, -0.25) is 0 Å². The molecule has 18 heavy (non-hydrogen) atoms. The summed E-state index contributed by atoms with van der Waals surface area (Å²) < 4.78 is 26.4. The first-order valence-corrected chi connectivity index (χ1v) is 5.63. The molecule has 0 aliphatic carbocycles. The van der Waals surface area contributed by atoms with Gasteiger partial charge in [-0.05, 0) is 30.7 Å². The van der Waals surface area contributed by atoms with Crippen LogP contribution in [0, 0.1) is 18.6 Å². The van der Waals surface area contributed by atoms with Gasteiger partial charge in [-0.15, -0.1) is 0 Å². The van der Waals surface area contributed by atoms with Crippen LogP contribution in [0.3, 0.4) is 0 Å². The summed E-state index contributed by atoms with van der Waals surface area (Å²) in [7, 11) is 0. The van der Waals surface area contributed by atoms with E-state index in [1.807, 2.05) is 0 Å². The second-order valence-corrected chi connectivity index (χ2v) is 4.29. The summed E-state index contributed by atoms with van der Waals surface area (Å²) in [5.41, 5.74) is 7.03. The SMILES string of the molecule is Cc1c(Cl)cccc1Nc1cc(F)cc(F)c1N. The molecule has 0 heterocycles. The van der Waals surface area contributed by atoms with Crippen molar-refractivity contribution in [2.75, 3.05) is 11.1 Å². The number of nitrogens with two attached hydrogens (primary N) is 1. The number of nitrogens with one attached hydrogen (secondary N) is 1. The third-order valence-electron chi connectivity index (χ3n) is 2.63. The number of nitrogen functional groups attached to an aromatic ring is 1.